The number of amides is 1. The molecule has 1 aromatic heterocycles. The summed E-state index contributed by atoms with van der Waals surface area (Å²) in [4.78, 5) is 15.8. The number of hydrogen-bond acceptors (Lipinski definition) is 2. The highest BCUT2D eigenvalue weighted by atomic mass is 16.5. The van der Waals surface area contributed by atoms with Crippen molar-refractivity contribution in [2.45, 2.75) is 12.3 Å². The highest BCUT2D eigenvalue weighted by molar-refractivity contribution is 6.07. The van der Waals surface area contributed by atoms with Gasteiger partial charge < -0.3 is 15.0 Å². The molecule has 0 atom stereocenters. The minimum Gasteiger partial charge on any atom is -0.449 e. The highest BCUT2D eigenvalue weighted by Crippen LogP contribution is 2.44. The van der Waals surface area contributed by atoms with E-state index in [1.54, 1.807) is 0 Å². The first-order valence-electron chi connectivity index (χ1n) is 12.0. The SMILES string of the molecule is O=C(NCCC=Cc1ccc2[nH]c3ccccc3c2c1)OCC1c2ccccc2-c2ccccc21. The predicted octanol–water partition coefficient (Wildman–Crippen LogP) is 7.26. The van der Waals surface area contributed by atoms with E-state index in [1.165, 1.54) is 33.0 Å². The van der Waals surface area contributed by atoms with E-state index in [1.807, 2.05) is 18.2 Å². The standard InChI is InChI=1S/C31H26N2O2/c34-31(35-20-28-24-12-3-1-10-22(24)23-11-2-4-13-25(23)28)32-18-8-7-9-21-16-17-30-27(19-21)26-14-5-6-15-29(26)33-30/h1-7,9-17,19,28,33H,8,18,20H2,(H,32,34). The maximum atomic E-state index is 12.3. The van der Waals surface area contributed by atoms with E-state index < -0.39 is 0 Å². The summed E-state index contributed by atoms with van der Waals surface area (Å²) in [6.45, 7) is 0.864. The van der Waals surface area contributed by atoms with Crippen LogP contribution in [0.4, 0.5) is 4.79 Å². The van der Waals surface area contributed by atoms with Gasteiger partial charge in [-0.3, -0.25) is 0 Å². The zero-order valence-corrected chi connectivity index (χ0v) is 19.3. The van der Waals surface area contributed by atoms with E-state index in [2.05, 4.69) is 95.2 Å². The van der Waals surface area contributed by atoms with E-state index in [-0.39, 0.29) is 12.0 Å². The van der Waals surface area contributed by atoms with Gasteiger partial charge in [-0.2, -0.15) is 0 Å². The Hall–Kier alpha value is -4.31. The van der Waals surface area contributed by atoms with Crippen molar-refractivity contribution in [3.05, 3.63) is 114 Å². The number of carbonyl (C=O) groups excluding carboxylic acids is 1. The molecule has 1 amide bonds. The molecule has 2 N–H and O–H groups in total. The Balaban J connectivity index is 1.03. The van der Waals surface area contributed by atoms with Crippen molar-refractivity contribution >= 4 is 34.0 Å². The van der Waals surface area contributed by atoms with Crippen molar-refractivity contribution in [1.29, 1.82) is 0 Å². The van der Waals surface area contributed by atoms with Gasteiger partial charge in [0.25, 0.3) is 0 Å². The largest absolute Gasteiger partial charge is 0.449 e. The second-order valence-corrected chi connectivity index (χ2v) is 8.92. The molecule has 4 heteroatoms. The number of nitrogens with one attached hydrogen (secondary N) is 2. The van der Waals surface area contributed by atoms with Gasteiger partial charge in [0.1, 0.15) is 6.61 Å². The van der Waals surface area contributed by atoms with Gasteiger partial charge in [0.05, 0.1) is 0 Å². The number of alkyl carbamates (subject to hydrolysis) is 1. The maximum absolute atomic E-state index is 12.3. The molecule has 0 bridgehead atoms. The first-order valence-corrected chi connectivity index (χ1v) is 12.0. The third-order valence-electron chi connectivity index (χ3n) is 6.76. The number of ether oxygens (including phenoxy) is 1. The first-order chi connectivity index (χ1) is 17.3. The Morgan fingerprint density at radius 2 is 1.51 bits per heavy atom. The van der Waals surface area contributed by atoms with Gasteiger partial charge in [0, 0.05) is 34.3 Å². The lowest BCUT2D eigenvalue weighted by molar-refractivity contribution is 0.143. The van der Waals surface area contributed by atoms with Crippen LogP contribution in [0, 0.1) is 0 Å². The third-order valence-corrected chi connectivity index (χ3v) is 6.76. The number of hydrogen-bond donors (Lipinski definition) is 2. The second-order valence-electron chi connectivity index (χ2n) is 8.92. The van der Waals surface area contributed by atoms with Gasteiger partial charge in [-0.25, -0.2) is 4.79 Å². The van der Waals surface area contributed by atoms with Crippen LogP contribution in [-0.4, -0.2) is 24.2 Å². The molecule has 0 spiro atoms. The Kier molecular flexibility index (Phi) is 5.55. The molecule has 0 saturated heterocycles. The predicted molar refractivity (Wildman–Crippen MR) is 143 cm³/mol. The monoisotopic (exact) mass is 458 g/mol. The summed E-state index contributed by atoms with van der Waals surface area (Å²) < 4.78 is 5.61. The molecule has 6 rings (SSSR count). The molecule has 1 aliphatic rings. The average molecular weight is 459 g/mol. The number of benzene rings is 4. The van der Waals surface area contributed by atoms with Crippen LogP contribution in [0.5, 0.6) is 0 Å². The number of rotatable bonds is 6. The Bertz CT molecular complexity index is 1520. The van der Waals surface area contributed by atoms with Crippen molar-refractivity contribution < 1.29 is 9.53 Å². The average Bonchev–Trinajstić information content (AvgIpc) is 3.43. The number of H-pyrrole nitrogens is 1. The third kappa shape index (κ3) is 4.08. The fourth-order valence-corrected chi connectivity index (χ4v) is 5.10. The summed E-state index contributed by atoms with van der Waals surface area (Å²) in [7, 11) is 0. The smallest absolute Gasteiger partial charge is 0.407 e. The summed E-state index contributed by atoms with van der Waals surface area (Å²) >= 11 is 0. The fourth-order valence-electron chi connectivity index (χ4n) is 5.10. The van der Waals surface area contributed by atoms with E-state index >= 15 is 0 Å². The molecule has 0 fully saturated rings. The van der Waals surface area contributed by atoms with Gasteiger partial charge in [-0.05, 0) is 52.4 Å². The van der Waals surface area contributed by atoms with E-state index in [9.17, 15) is 4.79 Å². The van der Waals surface area contributed by atoms with Gasteiger partial charge in [0.15, 0.2) is 0 Å². The minimum absolute atomic E-state index is 0.0764. The van der Waals surface area contributed by atoms with Gasteiger partial charge in [-0.15, -0.1) is 0 Å². The Labute approximate surface area is 204 Å². The number of fused-ring (bicyclic) bond motifs is 6. The van der Waals surface area contributed by atoms with Gasteiger partial charge in [0.2, 0.25) is 0 Å². The lowest BCUT2D eigenvalue weighted by Crippen LogP contribution is -2.26. The zero-order chi connectivity index (χ0) is 23.6. The molecule has 5 aromatic rings. The van der Waals surface area contributed by atoms with Crippen LogP contribution in [-0.2, 0) is 4.74 Å². The summed E-state index contributed by atoms with van der Waals surface area (Å²) in [5, 5.41) is 5.33. The number of aromatic amines is 1. The number of aromatic nitrogens is 1. The van der Waals surface area contributed by atoms with Crippen LogP contribution in [0.25, 0.3) is 39.0 Å². The molecule has 4 aromatic carbocycles. The lowest BCUT2D eigenvalue weighted by Gasteiger charge is -2.14. The molecular weight excluding hydrogens is 432 g/mol. The quantitative estimate of drug-likeness (QED) is 0.263. The van der Waals surface area contributed by atoms with Crippen LogP contribution in [0.3, 0.4) is 0 Å². The molecule has 1 heterocycles. The molecule has 172 valence electrons. The van der Waals surface area contributed by atoms with E-state index in [4.69, 9.17) is 4.74 Å². The van der Waals surface area contributed by atoms with Crippen molar-refractivity contribution in [1.82, 2.24) is 10.3 Å². The number of carbonyl (C=O) groups is 1. The van der Waals surface area contributed by atoms with Crippen LogP contribution in [0.15, 0.2) is 97.1 Å². The normalized spacial score (nSPS) is 12.8. The van der Waals surface area contributed by atoms with Crippen LogP contribution in [0.1, 0.15) is 29.0 Å². The van der Waals surface area contributed by atoms with Crippen molar-refractivity contribution in [2.24, 2.45) is 0 Å². The summed E-state index contributed by atoms with van der Waals surface area (Å²) in [5.74, 6) is 0.0764. The molecule has 35 heavy (non-hydrogen) atoms. The molecule has 0 aliphatic heterocycles. The molecule has 0 unspecified atom stereocenters. The molecule has 0 saturated carbocycles. The van der Waals surface area contributed by atoms with Crippen molar-refractivity contribution in [2.75, 3.05) is 13.2 Å². The van der Waals surface area contributed by atoms with Crippen LogP contribution in [0.2, 0.25) is 0 Å². The first kappa shape index (κ1) is 21.2. The van der Waals surface area contributed by atoms with Gasteiger partial charge in [-0.1, -0.05) is 84.9 Å². The summed E-state index contributed by atoms with van der Waals surface area (Å²) in [6.07, 6.45) is 4.54. The van der Waals surface area contributed by atoms with E-state index in [0.717, 1.165) is 23.0 Å². The van der Waals surface area contributed by atoms with Crippen molar-refractivity contribution in [3.8, 4) is 11.1 Å². The molecule has 1 aliphatic carbocycles. The molecule has 4 nitrogen and oxygen atoms in total. The maximum Gasteiger partial charge on any atom is 0.407 e. The topological polar surface area (TPSA) is 54.1 Å². The Morgan fingerprint density at radius 1 is 0.829 bits per heavy atom. The fraction of sp³-hybridized carbons (Fsp3) is 0.129. The van der Waals surface area contributed by atoms with Crippen LogP contribution >= 0.6 is 0 Å². The van der Waals surface area contributed by atoms with E-state index in [0.29, 0.717) is 13.2 Å². The van der Waals surface area contributed by atoms with Crippen molar-refractivity contribution in [3.63, 3.8) is 0 Å². The highest BCUT2D eigenvalue weighted by Gasteiger charge is 2.28. The Morgan fingerprint density at radius 3 is 2.31 bits per heavy atom. The summed E-state index contributed by atoms with van der Waals surface area (Å²) in [5.41, 5.74) is 8.33. The van der Waals surface area contributed by atoms with Crippen LogP contribution < -0.4 is 5.32 Å². The zero-order valence-electron chi connectivity index (χ0n) is 19.3. The molecule has 0 radical (unpaired) electrons. The number of para-hydroxylation sites is 1. The molecular formula is C31H26N2O2. The van der Waals surface area contributed by atoms with Gasteiger partial charge >= 0.3 is 6.09 Å². The minimum atomic E-state index is -0.375. The summed E-state index contributed by atoms with van der Waals surface area (Å²) in [6, 6.07) is 31.5. The lowest BCUT2D eigenvalue weighted by atomic mass is 9.98. The second kappa shape index (κ2) is 9.15.